The highest BCUT2D eigenvalue weighted by atomic mass is 16.1. The Bertz CT molecular complexity index is 999. The summed E-state index contributed by atoms with van der Waals surface area (Å²) in [7, 11) is 2.08. The van der Waals surface area contributed by atoms with Gasteiger partial charge in [-0.3, -0.25) is 9.69 Å². The second kappa shape index (κ2) is 7.76. The Morgan fingerprint density at radius 1 is 1.11 bits per heavy atom. The number of nitrogens with zero attached hydrogens (tertiary/aromatic N) is 3. The number of para-hydroxylation sites is 2. The van der Waals surface area contributed by atoms with E-state index in [0.29, 0.717) is 0 Å². The van der Waals surface area contributed by atoms with Crippen LogP contribution >= 0.6 is 0 Å². The van der Waals surface area contributed by atoms with Crippen molar-refractivity contribution >= 4 is 22.6 Å². The van der Waals surface area contributed by atoms with Crippen molar-refractivity contribution in [3.63, 3.8) is 0 Å². The van der Waals surface area contributed by atoms with Crippen LogP contribution in [0, 0.1) is 19.8 Å². The van der Waals surface area contributed by atoms with E-state index in [0.717, 1.165) is 49.5 Å². The summed E-state index contributed by atoms with van der Waals surface area (Å²) in [6.07, 6.45) is 1.78. The third-order valence-corrected chi connectivity index (χ3v) is 5.98. The van der Waals surface area contributed by atoms with Crippen LogP contribution in [0.15, 0.2) is 42.5 Å². The molecular formula is C23H28N4O. The summed E-state index contributed by atoms with van der Waals surface area (Å²) >= 11 is 0. The standard InChI is InChI=1S/C23H28N4O/c1-16-8-9-19(14-17(16)2)24-23(28)18-10-12-27(13-11-18)15-22-25-20-6-4-5-7-21(20)26(22)3/h4-9,14,18H,10-13,15H2,1-3H3,(H,24,28). The van der Waals surface area contributed by atoms with Gasteiger partial charge in [0.2, 0.25) is 5.91 Å². The molecule has 0 unspecified atom stereocenters. The number of aromatic nitrogens is 2. The van der Waals surface area contributed by atoms with Crippen molar-refractivity contribution in [2.45, 2.75) is 33.2 Å². The lowest BCUT2D eigenvalue weighted by Gasteiger charge is -2.31. The first-order valence-corrected chi connectivity index (χ1v) is 10.0. The monoisotopic (exact) mass is 376 g/mol. The maximum atomic E-state index is 12.7. The Hall–Kier alpha value is -2.66. The molecule has 4 rings (SSSR count). The second-order valence-electron chi connectivity index (χ2n) is 7.91. The zero-order chi connectivity index (χ0) is 19.7. The average Bonchev–Trinajstić information content (AvgIpc) is 3.01. The van der Waals surface area contributed by atoms with Crippen LogP contribution in [0.1, 0.15) is 29.8 Å². The van der Waals surface area contributed by atoms with E-state index in [-0.39, 0.29) is 11.8 Å². The van der Waals surface area contributed by atoms with Gasteiger partial charge in [-0.25, -0.2) is 4.98 Å². The minimum Gasteiger partial charge on any atom is -0.330 e. The molecule has 0 aliphatic carbocycles. The van der Waals surface area contributed by atoms with Crippen LogP contribution in [0.2, 0.25) is 0 Å². The quantitative estimate of drug-likeness (QED) is 0.748. The van der Waals surface area contributed by atoms with Gasteiger partial charge in [0, 0.05) is 18.7 Å². The number of carbonyl (C=O) groups is 1. The summed E-state index contributed by atoms with van der Waals surface area (Å²) in [5, 5.41) is 3.10. The minimum atomic E-state index is 0.0818. The average molecular weight is 377 g/mol. The van der Waals surface area contributed by atoms with Crippen LogP contribution in [-0.2, 0) is 18.4 Å². The van der Waals surface area contributed by atoms with Gasteiger partial charge in [0.05, 0.1) is 17.6 Å². The van der Waals surface area contributed by atoms with E-state index in [4.69, 9.17) is 4.98 Å². The second-order valence-corrected chi connectivity index (χ2v) is 7.91. The van der Waals surface area contributed by atoms with Crippen LogP contribution in [-0.4, -0.2) is 33.4 Å². The largest absolute Gasteiger partial charge is 0.330 e. The van der Waals surface area contributed by atoms with Crippen LogP contribution in [0.25, 0.3) is 11.0 Å². The summed E-state index contributed by atoms with van der Waals surface area (Å²) in [5.74, 6) is 1.31. The maximum absolute atomic E-state index is 12.7. The highest BCUT2D eigenvalue weighted by Crippen LogP contribution is 2.23. The Kier molecular flexibility index (Phi) is 5.18. The fourth-order valence-electron chi connectivity index (χ4n) is 3.95. The molecule has 1 amide bonds. The summed E-state index contributed by atoms with van der Waals surface area (Å²) < 4.78 is 2.17. The first-order valence-electron chi connectivity index (χ1n) is 10.0. The van der Waals surface area contributed by atoms with Crippen LogP contribution in [0.5, 0.6) is 0 Å². The van der Waals surface area contributed by atoms with Crippen molar-refractivity contribution in [1.82, 2.24) is 14.5 Å². The molecule has 3 aromatic rings. The van der Waals surface area contributed by atoms with Crippen molar-refractivity contribution in [3.8, 4) is 0 Å². The van der Waals surface area contributed by atoms with Crippen molar-refractivity contribution in [2.75, 3.05) is 18.4 Å². The smallest absolute Gasteiger partial charge is 0.227 e. The number of hydrogen-bond donors (Lipinski definition) is 1. The maximum Gasteiger partial charge on any atom is 0.227 e. The molecule has 1 aliphatic heterocycles. The van der Waals surface area contributed by atoms with Gasteiger partial charge in [0.15, 0.2) is 0 Å². The molecule has 1 N–H and O–H groups in total. The zero-order valence-corrected chi connectivity index (χ0v) is 16.9. The molecule has 1 saturated heterocycles. The lowest BCUT2D eigenvalue weighted by atomic mass is 9.95. The van der Waals surface area contributed by atoms with Crippen molar-refractivity contribution in [3.05, 3.63) is 59.4 Å². The summed E-state index contributed by atoms with van der Waals surface area (Å²) in [6, 6.07) is 14.3. The van der Waals surface area contributed by atoms with Gasteiger partial charge in [-0.15, -0.1) is 0 Å². The summed E-state index contributed by atoms with van der Waals surface area (Å²) in [4.78, 5) is 19.8. The van der Waals surface area contributed by atoms with Gasteiger partial charge in [-0.1, -0.05) is 18.2 Å². The Morgan fingerprint density at radius 3 is 2.57 bits per heavy atom. The number of hydrogen-bond acceptors (Lipinski definition) is 3. The lowest BCUT2D eigenvalue weighted by Crippen LogP contribution is -2.38. The number of nitrogens with one attached hydrogen (secondary N) is 1. The number of benzene rings is 2. The highest BCUT2D eigenvalue weighted by molar-refractivity contribution is 5.92. The molecule has 146 valence electrons. The van der Waals surface area contributed by atoms with Gasteiger partial charge in [-0.05, 0) is 75.2 Å². The summed E-state index contributed by atoms with van der Waals surface area (Å²) in [5.41, 5.74) is 5.56. The molecule has 5 nitrogen and oxygen atoms in total. The van der Waals surface area contributed by atoms with E-state index < -0.39 is 0 Å². The molecule has 1 aliphatic rings. The normalized spacial score (nSPS) is 15.8. The van der Waals surface area contributed by atoms with Gasteiger partial charge < -0.3 is 9.88 Å². The van der Waals surface area contributed by atoms with Crippen molar-refractivity contribution in [1.29, 1.82) is 0 Å². The van der Waals surface area contributed by atoms with E-state index in [1.54, 1.807) is 0 Å². The van der Waals surface area contributed by atoms with Crippen LogP contribution < -0.4 is 5.32 Å². The van der Waals surface area contributed by atoms with E-state index >= 15 is 0 Å². The number of imidazole rings is 1. The third kappa shape index (κ3) is 3.80. The number of likely N-dealkylation sites (tertiary alicyclic amines) is 1. The van der Waals surface area contributed by atoms with E-state index in [2.05, 4.69) is 53.9 Å². The molecular weight excluding hydrogens is 348 g/mol. The zero-order valence-electron chi connectivity index (χ0n) is 16.9. The van der Waals surface area contributed by atoms with Crippen molar-refractivity contribution in [2.24, 2.45) is 13.0 Å². The third-order valence-electron chi connectivity index (χ3n) is 5.98. The Morgan fingerprint density at radius 2 is 1.86 bits per heavy atom. The number of amides is 1. The molecule has 0 spiro atoms. The summed E-state index contributed by atoms with van der Waals surface area (Å²) in [6.45, 7) is 6.84. The minimum absolute atomic E-state index is 0.0818. The van der Waals surface area contributed by atoms with Crippen LogP contribution in [0.3, 0.4) is 0 Å². The molecule has 0 radical (unpaired) electrons. The van der Waals surface area contributed by atoms with Gasteiger partial charge in [-0.2, -0.15) is 0 Å². The molecule has 28 heavy (non-hydrogen) atoms. The van der Waals surface area contributed by atoms with E-state index in [9.17, 15) is 4.79 Å². The lowest BCUT2D eigenvalue weighted by molar-refractivity contribution is -0.121. The number of aryl methyl sites for hydroxylation is 3. The highest BCUT2D eigenvalue weighted by Gasteiger charge is 2.26. The molecule has 5 heteroatoms. The molecule has 2 heterocycles. The number of carbonyl (C=O) groups excluding carboxylic acids is 1. The first-order chi connectivity index (χ1) is 13.5. The molecule has 1 fully saturated rings. The fourth-order valence-corrected chi connectivity index (χ4v) is 3.95. The van der Waals surface area contributed by atoms with E-state index in [1.807, 2.05) is 24.3 Å². The van der Waals surface area contributed by atoms with E-state index in [1.165, 1.54) is 16.6 Å². The predicted molar refractivity (Wildman–Crippen MR) is 113 cm³/mol. The van der Waals surface area contributed by atoms with Gasteiger partial charge >= 0.3 is 0 Å². The van der Waals surface area contributed by atoms with Crippen LogP contribution in [0.4, 0.5) is 5.69 Å². The molecule has 0 atom stereocenters. The molecule has 0 bridgehead atoms. The number of fused-ring (bicyclic) bond motifs is 1. The molecule has 0 saturated carbocycles. The van der Waals surface area contributed by atoms with Crippen molar-refractivity contribution < 1.29 is 4.79 Å². The Balaban J connectivity index is 1.34. The number of piperidine rings is 1. The fraction of sp³-hybridized carbons (Fsp3) is 0.391. The molecule has 2 aromatic carbocycles. The van der Waals surface area contributed by atoms with Gasteiger partial charge in [0.1, 0.15) is 5.82 Å². The SMILES string of the molecule is Cc1ccc(NC(=O)C2CCN(Cc3nc4ccccc4n3C)CC2)cc1C. The Labute approximate surface area is 166 Å². The predicted octanol–water partition coefficient (Wildman–Crippen LogP) is 4.04. The number of rotatable bonds is 4. The number of anilines is 1. The molecule has 1 aromatic heterocycles. The topological polar surface area (TPSA) is 50.2 Å². The van der Waals surface area contributed by atoms with Gasteiger partial charge in [0.25, 0.3) is 0 Å². The first kappa shape index (κ1) is 18.7.